The molecule has 0 aromatic heterocycles. The number of benzene rings is 8. The quantitative estimate of drug-likeness (QED) is 0.118. The normalized spacial score (nSPS) is 12.3. The van der Waals surface area contributed by atoms with E-state index in [1.54, 1.807) is 0 Å². The topological polar surface area (TPSA) is 65.2 Å². The van der Waals surface area contributed by atoms with Crippen molar-refractivity contribution in [2.24, 2.45) is 9.98 Å². The van der Waals surface area contributed by atoms with Crippen molar-refractivity contribution in [3.8, 4) is 22.6 Å². The number of phenolic OH excluding ortho intramolecular Hbond substituents is 2. The summed E-state index contributed by atoms with van der Waals surface area (Å²) in [5.74, 6) is 0.236. The van der Waals surface area contributed by atoms with Crippen molar-refractivity contribution in [1.82, 2.24) is 0 Å². The molecule has 0 spiro atoms. The molecule has 8 rings (SSSR count). The Bertz CT molecular complexity index is 2650. The van der Waals surface area contributed by atoms with Crippen LogP contribution in [0.25, 0.3) is 32.7 Å². The Morgan fingerprint density at radius 1 is 0.443 bits per heavy atom. The van der Waals surface area contributed by atoms with Gasteiger partial charge in [0.15, 0.2) is 0 Å². The molecule has 0 fully saturated rings. The minimum absolute atomic E-state index is 0. The summed E-state index contributed by atoms with van der Waals surface area (Å²) in [6.07, 6.45) is 4.10. The van der Waals surface area contributed by atoms with Crippen molar-refractivity contribution in [3.63, 3.8) is 0 Å². The maximum absolute atomic E-state index is 10.8. The second-order valence-corrected chi connectivity index (χ2v) is 17.2. The average Bonchev–Trinajstić information content (AvgIpc) is 3.23. The molecule has 0 saturated carbocycles. The molecule has 2 atom stereocenters. The third-order valence-electron chi connectivity index (χ3n) is 11.0. The van der Waals surface area contributed by atoms with E-state index in [0.717, 1.165) is 32.7 Å². The van der Waals surface area contributed by atoms with Gasteiger partial charge in [-0.25, -0.2) is 0 Å². The zero-order valence-electron chi connectivity index (χ0n) is 35.4. The average molecular weight is 982 g/mol. The van der Waals surface area contributed by atoms with Crippen LogP contribution in [-0.4, -0.2) is 22.6 Å². The molecule has 0 heterocycles. The van der Waals surface area contributed by atoms with Gasteiger partial charge < -0.3 is 10.2 Å². The van der Waals surface area contributed by atoms with Crippen LogP contribution in [0.5, 0.6) is 11.5 Å². The van der Waals surface area contributed by atoms with E-state index in [2.05, 4.69) is 171 Å². The molecule has 8 aromatic carbocycles. The van der Waals surface area contributed by atoms with Crippen molar-refractivity contribution in [1.29, 1.82) is 0 Å². The SMILES string of the molecule is Cc1cc(C)c(C=N[C@H](c2ccccc2)[C@H](N=Cc2c(C)cc(C)cc2C)c2ccccc2)c(C)c1.Oc1c(Br)cc2ccccc2c1-c1c(O)c(Br)cc2ccccc12.[Zn]. The molecule has 0 bridgehead atoms. The first-order chi connectivity index (χ1) is 28.9. The zero-order valence-corrected chi connectivity index (χ0v) is 41.6. The zero-order chi connectivity index (χ0) is 42.5. The van der Waals surface area contributed by atoms with Crippen LogP contribution in [0.3, 0.4) is 0 Å². The van der Waals surface area contributed by atoms with Gasteiger partial charge in [-0.15, -0.1) is 0 Å². The molecule has 302 valence electrons. The molecule has 61 heavy (non-hydrogen) atoms. The number of hydrogen-bond donors (Lipinski definition) is 2. The molecule has 0 aliphatic rings. The molecule has 2 N–H and O–H groups in total. The van der Waals surface area contributed by atoms with Crippen molar-refractivity contribution < 1.29 is 29.7 Å². The van der Waals surface area contributed by atoms with E-state index >= 15 is 0 Å². The number of fused-ring (bicyclic) bond motifs is 2. The Hall–Kier alpha value is -5.20. The summed E-state index contributed by atoms with van der Waals surface area (Å²) < 4.78 is 1.19. The summed E-state index contributed by atoms with van der Waals surface area (Å²) in [5, 5.41) is 25.2. The van der Waals surface area contributed by atoms with Crippen molar-refractivity contribution in [3.05, 3.63) is 210 Å². The maximum atomic E-state index is 10.8. The Kier molecular flexibility index (Phi) is 15.0. The summed E-state index contributed by atoms with van der Waals surface area (Å²) in [6.45, 7) is 12.9. The number of aryl methyl sites for hydroxylation is 6. The van der Waals surface area contributed by atoms with Crippen LogP contribution in [0, 0.1) is 41.5 Å². The van der Waals surface area contributed by atoms with Gasteiger partial charge in [-0.3, -0.25) is 9.98 Å². The standard InChI is InChI=1S/C34H36N2.C20H12Br2O2.Zn/c1-23-17-25(3)31(26(4)18-23)21-35-33(29-13-9-7-10-14-29)34(30-15-11-8-12-16-30)36-22-32-27(5)19-24(2)20-28(32)6;21-15-9-11-5-1-3-7-13(11)17(19(15)23)18-14-8-4-2-6-12(14)10-16(22)20(18)24;/h7-22,33-34H,1-6H3;1-10,23-24H;/t33-,34-;;/m1../s1. The first kappa shape index (κ1) is 45.3. The number of rotatable bonds is 8. The van der Waals surface area contributed by atoms with Crippen LogP contribution in [0.2, 0.25) is 0 Å². The van der Waals surface area contributed by atoms with Crippen molar-refractivity contribution >= 4 is 65.8 Å². The number of aliphatic imine (C=N–C) groups is 2. The van der Waals surface area contributed by atoms with Crippen LogP contribution >= 0.6 is 31.9 Å². The fourth-order valence-corrected chi connectivity index (χ4v) is 9.10. The minimum atomic E-state index is -0.156. The van der Waals surface area contributed by atoms with E-state index in [1.165, 1.54) is 44.5 Å². The Morgan fingerprint density at radius 3 is 1.10 bits per heavy atom. The van der Waals surface area contributed by atoms with Gasteiger partial charge in [0.05, 0.1) is 8.95 Å². The van der Waals surface area contributed by atoms with Crippen molar-refractivity contribution in [2.75, 3.05) is 0 Å². The van der Waals surface area contributed by atoms with Gasteiger partial charge in [-0.1, -0.05) is 145 Å². The van der Waals surface area contributed by atoms with Crippen LogP contribution in [0.4, 0.5) is 0 Å². The summed E-state index contributed by atoms with van der Waals surface area (Å²) in [6, 6.07) is 49.0. The number of aromatic hydroxyl groups is 2. The number of nitrogens with zero attached hydrogens (tertiary/aromatic N) is 2. The van der Waals surface area contributed by atoms with Gasteiger partial charge in [0, 0.05) is 43.0 Å². The van der Waals surface area contributed by atoms with E-state index in [1.807, 2.05) is 60.7 Å². The predicted molar refractivity (Wildman–Crippen MR) is 260 cm³/mol. The third kappa shape index (κ3) is 10.1. The first-order valence-corrected chi connectivity index (χ1v) is 21.6. The largest absolute Gasteiger partial charge is 0.506 e. The second-order valence-electron chi connectivity index (χ2n) is 15.5. The Labute approximate surface area is 389 Å². The number of halogens is 2. The van der Waals surface area contributed by atoms with E-state index in [-0.39, 0.29) is 43.1 Å². The molecule has 4 nitrogen and oxygen atoms in total. The Balaban J connectivity index is 0.000000216. The van der Waals surface area contributed by atoms with Crippen LogP contribution in [0.15, 0.2) is 165 Å². The van der Waals surface area contributed by atoms with E-state index in [4.69, 9.17) is 9.98 Å². The fraction of sp³-hybridized carbons (Fsp3) is 0.148. The molecule has 0 unspecified atom stereocenters. The van der Waals surface area contributed by atoms with Crippen LogP contribution < -0.4 is 0 Å². The van der Waals surface area contributed by atoms with Crippen molar-refractivity contribution in [2.45, 2.75) is 53.6 Å². The fourth-order valence-electron chi connectivity index (χ4n) is 8.21. The number of hydrogen-bond acceptors (Lipinski definition) is 4. The van der Waals surface area contributed by atoms with Gasteiger partial charge in [0.2, 0.25) is 0 Å². The van der Waals surface area contributed by atoms with E-state index in [9.17, 15) is 10.2 Å². The molecule has 0 saturated heterocycles. The monoisotopic (exact) mass is 978 g/mol. The molecule has 7 heteroatoms. The summed E-state index contributed by atoms with van der Waals surface area (Å²) in [5.41, 5.74) is 13.4. The minimum Gasteiger partial charge on any atom is -0.506 e. The van der Waals surface area contributed by atoms with Gasteiger partial charge in [0.25, 0.3) is 0 Å². The molecule has 0 radical (unpaired) electrons. The molecule has 0 aliphatic carbocycles. The van der Waals surface area contributed by atoms with E-state index in [0.29, 0.717) is 20.1 Å². The maximum Gasteiger partial charge on any atom is 0.138 e. The van der Waals surface area contributed by atoms with Gasteiger partial charge in [-0.2, -0.15) is 0 Å². The summed E-state index contributed by atoms with van der Waals surface area (Å²) >= 11 is 6.86. The third-order valence-corrected chi connectivity index (χ3v) is 12.2. The molecular weight excluding hydrogens is 934 g/mol. The predicted octanol–water partition coefficient (Wildman–Crippen LogP) is 15.2. The van der Waals surface area contributed by atoms with Gasteiger partial charge >= 0.3 is 0 Å². The second kappa shape index (κ2) is 20.1. The molecule has 0 aliphatic heterocycles. The van der Waals surface area contributed by atoms with Gasteiger partial charge in [0.1, 0.15) is 23.6 Å². The van der Waals surface area contributed by atoms with Gasteiger partial charge in [-0.05, 0) is 152 Å². The molecule has 0 amide bonds. The molecular formula is C54H48Br2N2O2Zn. The summed E-state index contributed by atoms with van der Waals surface area (Å²) in [7, 11) is 0. The number of phenols is 2. The van der Waals surface area contributed by atoms with Crippen LogP contribution in [-0.2, 0) is 19.5 Å². The summed E-state index contributed by atoms with van der Waals surface area (Å²) in [4.78, 5) is 10.4. The van der Waals surface area contributed by atoms with E-state index < -0.39 is 0 Å². The van der Waals surface area contributed by atoms with Crippen LogP contribution in [0.1, 0.15) is 67.7 Å². The smallest absolute Gasteiger partial charge is 0.138 e. The molecule has 8 aromatic rings. The Morgan fingerprint density at radius 2 is 0.754 bits per heavy atom. The first-order valence-electron chi connectivity index (χ1n) is 20.0.